The van der Waals surface area contributed by atoms with Crippen molar-refractivity contribution in [3.63, 3.8) is 0 Å². The Morgan fingerprint density at radius 1 is 1.08 bits per heavy atom. The fraction of sp³-hybridized carbons (Fsp3) is 0.0500. The summed E-state index contributed by atoms with van der Waals surface area (Å²) in [5, 5.41) is 6.95. The van der Waals surface area contributed by atoms with Gasteiger partial charge in [-0.05, 0) is 30.3 Å². The van der Waals surface area contributed by atoms with Gasteiger partial charge in [0.05, 0.1) is 30.2 Å². The minimum Gasteiger partial charge on any atom is -0.465 e. The number of carbonyl (C=O) groups excluding carboxylic acids is 2. The SMILES string of the molecule is COC(=O)c1ccccc1NC(=O)/C=C/c1cnn(-c2ccccc2)c1. The van der Waals surface area contributed by atoms with E-state index in [-0.39, 0.29) is 5.91 Å². The number of nitrogens with one attached hydrogen (secondary N) is 1. The first kappa shape index (κ1) is 17.2. The van der Waals surface area contributed by atoms with E-state index in [0.717, 1.165) is 11.3 Å². The van der Waals surface area contributed by atoms with E-state index in [9.17, 15) is 9.59 Å². The molecule has 0 aliphatic carbocycles. The van der Waals surface area contributed by atoms with E-state index in [4.69, 9.17) is 4.74 Å². The van der Waals surface area contributed by atoms with Crippen LogP contribution in [0.4, 0.5) is 5.69 Å². The monoisotopic (exact) mass is 347 g/mol. The van der Waals surface area contributed by atoms with Crippen molar-refractivity contribution in [3.8, 4) is 5.69 Å². The molecule has 1 heterocycles. The number of para-hydroxylation sites is 2. The number of esters is 1. The molecule has 130 valence electrons. The van der Waals surface area contributed by atoms with Gasteiger partial charge in [-0.2, -0.15) is 5.10 Å². The van der Waals surface area contributed by atoms with Crippen LogP contribution in [0.2, 0.25) is 0 Å². The first-order chi connectivity index (χ1) is 12.7. The number of methoxy groups -OCH3 is 1. The van der Waals surface area contributed by atoms with Gasteiger partial charge < -0.3 is 10.1 Å². The molecular weight excluding hydrogens is 330 g/mol. The number of ether oxygens (including phenoxy) is 1. The number of hydrogen-bond donors (Lipinski definition) is 1. The highest BCUT2D eigenvalue weighted by atomic mass is 16.5. The van der Waals surface area contributed by atoms with Gasteiger partial charge >= 0.3 is 5.97 Å². The maximum absolute atomic E-state index is 12.1. The van der Waals surface area contributed by atoms with Crippen LogP contribution < -0.4 is 5.32 Å². The van der Waals surface area contributed by atoms with Crippen molar-refractivity contribution >= 4 is 23.6 Å². The average molecular weight is 347 g/mol. The molecule has 6 heteroatoms. The van der Waals surface area contributed by atoms with Crippen molar-refractivity contribution in [2.75, 3.05) is 12.4 Å². The molecule has 1 aromatic heterocycles. The molecule has 0 saturated carbocycles. The molecule has 0 atom stereocenters. The molecule has 0 unspecified atom stereocenters. The van der Waals surface area contributed by atoms with Gasteiger partial charge in [-0.1, -0.05) is 30.3 Å². The molecule has 6 nitrogen and oxygen atoms in total. The van der Waals surface area contributed by atoms with Crippen LogP contribution >= 0.6 is 0 Å². The number of aromatic nitrogens is 2. The summed E-state index contributed by atoms with van der Waals surface area (Å²) >= 11 is 0. The Kier molecular flexibility index (Phi) is 5.24. The summed E-state index contributed by atoms with van der Waals surface area (Å²) < 4.78 is 6.44. The molecule has 0 aliphatic heterocycles. The van der Waals surface area contributed by atoms with Gasteiger partial charge in [0, 0.05) is 17.8 Å². The van der Waals surface area contributed by atoms with Crippen LogP contribution in [0.5, 0.6) is 0 Å². The summed E-state index contributed by atoms with van der Waals surface area (Å²) in [6.07, 6.45) is 6.53. The van der Waals surface area contributed by atoms with Crippen molar-refractivity contribution in [3.05, 3.63) is 84.2 Å². The summed E-state index contributed by atoms with van der Waals surface area (Å²) in [4.78, 5) is 23.9. The number of hydrogen-bond acceptors (Lipinski definition) is 4. The molecule has 0 bridgehead atoms. The predicted molar refractivity (Wildman–Crippen MR) is 99.0 cm³/mol. The van der Waals surface area contributed by atoms with E-state index in [2.05, 4.69) is 10.4 Å². The minimum absolute atomic E-state index is 0.300. The van der Waals surface area contributed by atoms with Crippen LogP contribution in [0.3, 0.4) is 0 Å². The smallest absolute Gasteiger partial charge is 0.339 e. The Morgan fingerprint density at radius 2 is 1.81 bits per heavy atom. The third-order valence-electron chi connectivity index (χ3n) is 3.64. The van der Waals surface area contributed by atoms with Gasteiger partial charge in [0.2, 0.25) is 5.91 Å². The highest BCUT2D eigenvalue weighted by Gasteiger charge is 2.12. The summed E-state index contributed by atoms with van der Waals surface area (Å²) in [7, 11) is 1.30. The van der Waals surface area contributed by atoms with Crippen LogP contribution in [0, 0.1) is 0 Å². The van der Waals surface area contributed by atoms with Gasteiger partial charge in [0.25, 0.3) is 0 Å². The summed E-state index contributed by atoms with van der Waals surface area (Å²) in [6.45, 7) is 0. The first-order valence-electron chi connectivity index (χ1n) is 7.94. The fourth-order valence-electron chi connectivity index (χ4n) is 2.37. The number of benzene rings is 2. The molecule has 0 spiro atoms. The molecule has 0 aliphatic rings. The number of nitrogens with zero attached hydrogens (tertiary/aromatic N) is 2. The van der Waals surface area contributed by atoms with Crippen LogP contribution in [0.25, 0.3) is 11.8 Å². The van der Waals surface area contributed by atoms with E-state index in [1.807, 2.05) is 36.5 Å². The predicted octanol–water partition coefficient (Wildman–Crippen LogP) is 3.31. The normalized spacial score (nSPS) is 10.7. The highest BCUT2D eigenvalue weighted by Crippen LogP contribution is 2.16. The van der Waals surface area contributed by atoms with Crippen LogP contribution in [-0.2, 0) is 9.53 Å². The van der Waals surface area contributed by atoms with E-state index in [0.29, 0.717) is 11.3 Å². The summed E-state index contributed by atoms with van der Waals surface area (Å²) in [6, 6.07) is 16.3. The minimum atomic E-state index is -0.506. The lowest BCUT2D eigenvalue weighted by molar-refractivity contribution is -0.111. The van der Waals surface area contributed by atoms with Gasteiger partial charge in [0.1, 0.15) is 0 Å². The molecule has 26 heavy (non-hydrogen) atoms. The van der Waals surface area contributed by atoms with Crippen molar-refractivity contribution < 1.29 is 14.3 Å². The number of rotatable bonds is 5. The largest absolute Gasteiger partial charge is 0.465 e. The zero-order chi connectivity index (χ0) is 18.4. The van der Waals surface area contributed by atoms with Gasteiger partial charge in [0.15, 0.2) is 0 Å². The van der Waals surface area contributed by atoms with Crippen molar-refractivity contribution in [1.82, 2.24) is 9.78 Å². The second-order valence-corrected chi connectivity index (χ2v) is 5.41. The quantitative estimate of drug-likeness (QED) is 0.568. The highest BCUT2D eigenvalue weighted by molar-refractivity contribution is 6.06. The zero-order valence-corrected chi connectivity index (χ0v) is 14.1. The molecule has 0 saturated heterocycles. The molecule has 3 aromatic rings. The Morgan fingerprint density at radius 3 is 2.58 bits per heavy atom. The molecular formula is C20H17N3O3. The van der Waals surface area contributed by atoms with Crippen molar-refractivity contribution in [2.45, 2.75) is 0 Å². The first-order valence-corrected chi connectivity index (χ1v) is 7.94. The maximum Gasteiger partial charge on any atom is 0.339 e. The third-order valence-corrected chi connectivity index (χ3v) is 3.64. The summed E-state index contributed by atoms with van der Waals surface area (Å²) in [5.74, 6) is -0.858. The van der Waals surface area contributed by atoms with Crippen molar-refractivity contribution in [1.29, 1.82) is 0 Å². The Labute approximate surface area is 150 Å². The maximum atomic E-state index is 12.1. The lowest BCUT2D eigenvalue weighted by atomic mass is 10.2. The number of anilines is 1. The second kappa shape index (κ2) is 7.94. The van der Waals surface area contributed by atoms with E-state index in [1.54, 1.807) is 41.2 Å². The molecule has 0 radical (unpaired) electrons. The van der Waals surface area contributed by atoms with E-state index < -0.39 is 5.97 Å². The average Bonchev–Trinajstić information content (AvgIpc) is 3.16. The van der Waals surface area contributed by atoms with Crippen LogP contribution in [0.1, 0.15) is 15.9 Å². The topological polar surface area (TPSA) is 73.2 Å². The Hall–Kier alpha value is -3.67. The molecule has 2 aromatic carbocycles. The Balaban J connectivity index is 1.70. The summed E-state index contributed by atoms with van der Waals surface area (Å²) in [5.41, 5.74) is 2.41. The standard InChI is InChI=1S/C20H17N3O3/c1-26-20(25)17-9-5-6-10-18(17)22-19(24)12-11-15-13-21-23(14-15)16-7-3-2-4-8-16/h2-14H,1H3,(H,22,24)/b12-11+. The van der Waals surface area contributed by atoms with Crippen molar-refractivity contribution in [2.24, 2.45) is 0 Å². The molecule has 1 N–H and O–H groups in total. The van der Waals surface area contributed by atoms with Gasteiger partial charge in [-0.15, -0.1) is 0 Å². The van der Waals surface area contributed by atoms with Gasteiger partial charge in [-0.25, -0.2) is 9.48 Å². The molecule has 3 rings (SSSR count). The lowest BCUT2D eigenvalue weighted by Crippen LogP contribution is -2.12. The third kappa shape index (κ3) is 4.05. The van der Waals surface area contributed by atoms with Crippen LogP contribution in [-0.4, -0.2) is 28.8 Å². The lowest BCUT2D eigenvalue weighted by Gasteiger charge is -2.07. The second-order valence-electron chi connectivity index (χ2n) is 5.41. The van der Waals surface area contributed by atoms with E-state index >= 15 is 0 Å². The van der Waals surface area contributed by atoms with Crippen LogP contribution in [0.15, 0.2) is 73.1 Å². The zero-order valence-electron chi connectivity index (χ0n) is 14.1. The van der Waals surface area contributed by atoms with E-state index in [1.165, 1.54) is 13.2 Å². The number of amides is 1. The fourth-order valence-corrected chi connectivity index (χ4v) is 2.37. The Bertz CT molecular complexity index is 946. The van der Waals surface area contributed by atoms with Gasteiger partial charge in [-0.3, -0.25) is 4.79 Å². The molecule has 0 fully saturated rings. The number of carbonyl (C=O) groups is 2. The molecule has 1 amide bonds.